The molecule has 2 rings (SSSR count). The maximum Gasteiger partial charge on any atom is 0.414 e. The molecule has 0 radical (unpaired) electrons. The minimum Gasteiger partial charge on any atom is -0.449 e. The van der Waals surface area contributed by atoms with Crippen LogP contribution in [-0.4, -0.2) is 18.7 Å². The van der Waals surface area contributed by atoms with Crippen LogP contribution in [0.5, 0.6) is 0 Å². The van der Waals surface area contributed by atoms with Crippen molar-refractivity contribution in [2.75, 3.05) is 17.2 Å². The van der Waals surface area contributed by atoms with Crippen LogP contribution in [-0.2, 0) is 4.74 Å². The van der Waals surface area contributed by atoms with Crippen LogP contribution in [0.2, 0.25) is 0 Å². The monoisotopic (exact) mass is 206 g/mol. The van der Waals surface area contributed by atoms with Gasteiger partial charge in [-0.2, -0.15) is 0 Å². The average molecular weight is 206 g/mol. The zero-order valence-corrected chi connectivity index (χ0v) is 8.64. The molecule has 4 heteroatoms. The maximum absolute atomic E-state index is 11.6. The van der Waals surface area contributed by atoms with E-state index < -0.39 is 0 Å². The fourth-order valence-corrected chi connectivity index (χ4v) is 1.73. The molecule has 0 spiro atoms. The number of nitrogens with zero attached hydrogens (tertiary/aromatic N) is 1. The van der Waals surface area contributed by atoms with Crippen molar-refractivity contribution in [2.45, 2.75) is 19.4 Å². The van der Waals surface area contributed by atoms with Gasteiger partial charge in [0.2, 0.25) is 0 Å². The predicted molar refractivity (Wildman–Crippen MR) is 58.8 cm³/mol. The Hall–Kier alpha value is -1.71. The van der Waals surface area contributed by atoms with Crippen molar-refractivity contribution < 1.29 is 9.53 Å². The summed E-state index contributed by atoms with van der Waals surface area (Å²) in [6, 6.07) is 7.43. The molecule has 1 aromatic rings. The van der Waals surface area contributed by atoms with E-state index in [4.69, 9.17) is 10.5 Å². The van der Waals surface area contributed by atoms with Crippen molar-refractivity contribution in [3.8, 4) is 0 Å². The van der Waals surface area contributed by atoms with Crippen LogP contribution in [0.1, 0.15) is 13.3 Å². The van der Waals surface area contributed by atoms with E-state index in [1.54, 1.807) is 17.0 Å². The molecule has 1 amide bonds. The van der Waals surface area contributed by atoms with Crippen molar-refractivity contribution in [2.24, 2.45) is 0 Å². The van der Waals surface area contributed by atoms with Crippen LogP contribution in [0.4, 0.5) is 16.2 Å². The summed E-state index contributed by atoms with van der Waals surface area (Å²) >= 11 is 0. The van der Waals surface area contributed by atoms with E-state index >= 15 is 0 Å². The highest BCUT2D eigenvalue weighted by Crippen LogP contribution is 2.24. The molecule has 1 saturated heterocycles. The van der Waals surface area contributed by atoms with E-state index in [2.05, 4.69) is 0 Å². The number of carbonyl (C=O) groups excluding carboxylic acids is 1. The highest BCUT2D eigenvalue weighted by atomic mass is 16.6. The molecule has 1 atom stereocenters. The Balaban J connectivity index is 2.31. The molecule has 80 valence electrons. The van der Waals surface area contributed by atoms with Crippen molar-refractivity contribution in [1.29, 1.82) is 0 Å². The molecule has 1 aliphatic rings. The number of nitrogen functional groups attached to an aromatic ring is 1. The van der Waals surface area contributed by atoms with E-state index in [1.807, 2.05) is 19.1 Å². The van der Waals surface area contributed by atoms with Gasteiger partial charge in [-0.15, -0.1) is 0 Å². The van der Waals surface area contributed by atoms with Crippen LogP contribution in [0.25, 0.3) is 0 Å². The lowest BCUT2D eigenvalue weighted by Gasteiger charge is -2.32. The average Bonchev–Trinajstić information content (AvgIpc) is 2.17. The van der Waals surface area contributed by atoms with Gasteiger partial charge in [-0.3, -0.25) is 4.90 Å². The number of hydrogen-bond acceptors (Lipinski definition) is 3. The van der Waals surface area contributed by atoms with E-state index in [0.29, 0.717) is 12.3 Å². The fourth-order valence-electron chi connectivity index (χ4n) is 1.73. The summed E-state index contributed by atoms with van der Waals surface area (Å²) in [5.41, 5.74) is 7.13. The molecule has 0 saturated carbocycles. The highest BCUT2D eigenvalue weighted by Gasteiger charge is 2.27. The number of rotatable bonds is 1. The Kier molecular flexibility index (Phi) is 2.49. The Labute approximate surface area is 88.6 Å². The third kappa shape index (κ3) is 1.88. The summed E-state index contributed by atoms with van der Waals surface area (Å²) in [6.07, 6.45) is 0.555. The second-order valence-electron chi connectivity index (χ2n) is 3.72. The van der Waals surface area contributed by atoms with Crippen molar-refractivity contribution >= 4 is 17.5 Å². The molecule has 0 aromatic heterocycles. The Morgan fingerprint density at radius 1 is 1.53 bits per heavy atom. The fraction of sp³-hybridized carbons (Fsp3) is 0.364. The first kappa shape index (κ1) is 9.83. The summed E-state index contributed by atoms with van der Waals surface area (Å²) in [5, 5.41) is 0. The molecular formula is C11H14N2O2. The molecule has 1 fully saturated rings. The second-order valence-corrected chi connectivity index (χ2v) is 3.72. The third-order valence-corrected chi connectivity index (χ3v) is 2.55. The summed E-state index contributed by atoms with van der Waals surface area (Å²) in [7, 11) is 0. The lowest BCUT2D eigenvalue weighted by Crippen LogP contribution is -2.44. The van der Waals surface area contributed by atoms with E-state index in [1.165, 1.54) is 0 Å². The minimum absolute atomic E-state index is 0.160. The molecule has 1 heterocycles. The van der Waals surface area contributed by atoms with Crippen LogP contribution >= 0.6 is 0 Å². The number of carbonyl (C=O) groups is 1. The summed E-state index contributed by atoms with van der Waals surface area (Å²) in [4.78, 5) is 13.2. The quantitative estimate of drug-likeness (QED) is 0.715. The zero-order chi connectivity index (χ0) is 10.8. The van der Waals surface area contributed by atoms with Gasteiger partial charge in [0.05, 0.1) is 6.61 Å². The van der Waals surface area contributed by atoms with Gasteiger partial charge < -0.3 is 10.5 Å². The topological polar surface area (TPSA) is 55.6 Å². The number of benzene rings is 1. The summed E-state index contributed by atoms with van der Waals surface area (Å²) < 4.78 is 5.00. The lowest BCUT2D eigenvalue weighted by atomic mass is 10.1. The zero-order valence-electron chi connectivity index (χ0n) is 8.64. The van der Waals surface area contributed by atoms with Crippen LogP contribution in [0, 0.1) is 0 Å². The molecule has 0 bridgehead atoms. The SMILES string of the molecule is CC1CCOC(=O)N1c1cccc(N)c1. The molecule has 1 aromatic carbocycles. The Morgan fingerprint density at radius 2 is 2.33 bits per heavy atom. The molecule has 1 unspecified atom stereocenters. The lowest BCUT2D eigenvalue weighted by molar-refractivity contribution is 0.131. The predicted octanol–water partition coefficient (Wildman–Crippen LogP) is 2.00. The van der Waals surface area contributed by atoms with Crippen LogP contribution < -0.4 is 10.6 Å². The van der Waals surface area contributed by atoms with Gasteiger partial charge in [0, 0.05) is 23.8 Å². The van der Waals surface area contributed by atoms with Crippen LogP contribution in [0.3, 0.4) is 0 Å². The molecule has 15 heavy (non-hydrogen) atoms. The number of ether oxygens (including phenoxy) is 1. The first-order chi connectivity index (χ1) is 7.18. The largest absolute Gasteiger partial charge is 0.449 e. The number of anilines is 2. The van der Waals surface area contributed by atoms with Crippen molar-refractivity contribution in [3.05, 3.63) is 24.3 Å². The van der Waals surface area contributed by atoms with Gasteiger partial charge in [-0.25, -0.2) is 4.79 Å². The van der Waals surface area contributed by atoms with Gasteiger partial charge in [0.1, 0.15) is 0 Å². The van der Waals surface area contributed by atoms with E-state index in [-0.39, 0.29) is 12.1 Å². The van der Waals surface area contributed by atoms with Gasteiger partial charge in [-0.1, -0.05) is 6.07 Å². The smallest absolute Gasteiger partial charge is 0.414 e. The third-order valence-electron chi connectivity index (χ3n) is 2.55. The molecule has 4 nitrogen and oxygen atoms in total. The molecule has 0 aliphatic carbocycles. The normalized spacial score (nSPS) is 21.3. The van der Waals surface area contributed by atoms with Gasteiger partial charge in [0.25, 0.3) is 0 Å². The van der Waals surface area contributed by atoms with E-state index in [9.17, 15) is 4.79 Å². The van der Waals surface area contributed by atoms with Crippen molar-refractivity contribution in [3.63, 3.8) is 0 Å². The Morgan fingerprint density at radius 3 is 3.00 bits per heavy atom. The number of hydrogen-bond donors (Lipinski definition) is 1. The first-order valence-corrected chi connectivity index (χ1v) is 5.00. The van der Waals surface area contributed by atoms with Gasteiger partial charge >= 0.3 is 6.09 Å². The number of cyclic esters (lactones) is 1. The van der Waals surface area contributed by atoms with Gasteiger partial charge in [-0.05, 0) is 25.1 Å². The standard InChI is InChI=1S/C11H14N2O2/c1-8-5-6-15-11(14)13(8)10-4-2-3-9(12)7-10/h2-4,7-8H,5-6,12H2,1H3. The Bertz CT molecular complexity index is 379. The summed E-state index contributed by atoms with van der Waals surface area (Å²) in [6.45, 7) is 2.50. The number of amides is 1. The first-order valence-electron chi connectivity index (χ1n) is 5.00. The number of nitrogens with two attached hydrogens (primary N) is 1. The minimum atomic E-state index is -0.292. The molecular weight excluding hydrogens is 192 g/mol. The maximum atomic E-state index is 11.6. The van der Waals surface area contributed by atoms with Crippen LogP contribution in [0.15, 0.2) is 24.3 Å². The molecule has 1 aliphatic heterocycles. The highest BCUT2D eigenvalue weighted by molar-refractivity contribution is 5.89. The summed E-state index contributed by atoms with van der Waals surface area (Å²) in [5.74, 6) is 0. The molecule has 2 N–H and O–H groups in total. The van der Waals surface area contributed by atoms with Gasteiger partial charge in [0.15, 0.2) is 0 Å². The van der Waals surface area contributed by atoms with Crippen molar-refractivity contribution in [1.82, 2.24) is 0 Å². The van der Waals surface area contributed by atoms with E-state index in [0.717, 1.165) is 12.1 Å². The second kappa shape index (κ2) is 3.81.